The molecule has 10 heteroatoms. The number of amidine groups is 1. The highest BCUT2D eigenvalue weighted by molar-refractivity contribution is 8.15. The van der Waals surface area contributed by atoms with E-state index in [1.807, 2.05) is 36.4 Å². The van der Waals surface area contributed by atoms with Crippen molar-refractivity contribution in [2.75, 3.05) is 12.4 Å². The zero-order chi connectivity index (χ0) is 25.9. The van der Waals surface area contributed by atoms with Gasteiger partial charge in [-0.15, -0.1) is 0 Å². The van der Waals surface area contributed by atoms with E-state index in [0.717, 1.165) is 16.8 Å². The van der Waals surface area contributed by atoms with E-state index < -0.39 is 22.9 Å². The minimum absolute atomic E-state index is 0.0684. The molecule has 37 heavy (non-hydrogen) atoms. The molecule has 2 atom stereocenters. The summed E-state index contributed by atoms with van der Waals surface area (Å²) in [6.45, 7) is 0. The fourth-order valence-corrected chi connectivity index (χ4v) is 5.34. The minimum Gasteiger partial charge on any atom is -0.497 e. The minimum atomic E-state index is -0.734. The molecule has 188 valence electrons. The van der Waals surface area contributed by atoms with Crippen LogP contribution in [0.1, 0.15) is 30.0 Å². The number of hydrogen-bond acceptors (Lipinski definition) is 6. The number of carbonyl (C=O) groups is 2. The SMILES string of the molecule is COc1cccc(C2CC(c3ccc(Cl)cc3)=NN2C2=NC(=O)C(CC(=O)Nc3ccccc3F)S2)c1. The van der Waals surface area contributed by atoms with Crippen molar-refractivity contribution in [1.82, 2.24) is 5.01 Å². The Bertz CT molecular complexity index is 1410. The van der Waals surface area contributed by atoms with Crippen molar-refractivity contribution >= 4 is 51.7 Å². The van der Waals surface area contributed by atoms with Crippen LogP contribution in [0.3, 0.4) is 0 Å². The molecular formula is C27H22ClFN4O3S. The van der Waals surface area contributed by atoms with Gasteiger partial charge in [0.25, 0.3) is 5.91 Å². The average Bonchev–Trinajstić information content (AvgIpc) is 3.50. The first kappa shape index (κ1) is 25.0. The lowest BCUT2D eigenvalue weighted by Gasteiger charge is -2.23. The Morgan fingerprint density at radius 2 is 1.95 bits per heavy atom. The van der Waals surface area contributed by atoms with Gasteiger partial charge in [0.2, 0.25) is 5.91 Å². The molecule has 0 fully saturated rings. The number of benzene rings is 3. The second-order valence-electron chi connectivity index (χ2n) is 8.47. The van der Waals surface area contributed by atoms with Crippen LogP contribution in [0.5, 0.6) is 5.75 Å². The zero-order valence-corrected chi connectivity index (χ0v) is 21.3. The molecule has 0 saturated heterocycles. The van der Waals surface area contributed by atoms with Crippen LogP contribution >= 0.6 is 23.4 Å². The smallest absolute Gasteiger partial charge is 0.262 e. The number of hydrazone groups is 1. The van der Waals surface area contributed by atoms with E-state index in [-0.39, 0.29) is 18.2 Å². The molecule has 3 aromatic carbocycles. The standard InChI is InChI=1S/C27H22ClFN4O3S/c1-36-19-6-4-5-17(13-19)23-14-22(16-9-11-18(28)12-10-16)32-33(23)27-31-26(35)24(37-27)15-25(34)30-21-8-3-2-7-20(21)29/h2-13,23-24H,14-15H2,1H3,(H,30,34). The fraction of sp³-hybridized carbons (Fsp3) is 0.185. The fourth-order valence-electron chi connectivity index (χ4n) is 4.15. The summed E-state index contributed by atoms with van der Waals surface area (Å²) in [7, 11) is 1.60. The number of rotatable bonds is 6. The quantitative estimate of drug-likeness (QED) is 0.439. The van der Waals surface area contributed by atoms with E-state index in [9.17, 15) is 14.0 Å². The number of ether oxygens (including phenoxy) is 1. The Morgan fingerprint density at radius 1 is 1.16 bits per heavy atom. The number of nitrogens with one attached hydrogen (secondary N) is 1. The molecule has 0 radical (unpaired) electrons. The molecule has 2 aliphatic rings. The monoisotopic (exact) mass is 536 g/mol. The normalized spacial score (nSPS) is 19.0. The molecule has 2 aliphatic heterocycles. The van der Waals surface area contributed by atoms with Crippen LogP contribution in [0.15, 0.2) is 82.9 Å². The van der Waals surface area contributed by atoms with Gasteiger partial charge in [0.1, 0.15) is 16.8 Å². The van der Waals surface area contributed by atoms with Gasteiger partial charge in [-0.05, 0) is 47.5 Å². The van der Waals surface area contributed by atoms with Gasteiger partial charge >= 0.3 is 0 Å². The van der Waals surface area contributed by atoms with E-state index in [4.69, 9.17) is 21.4 Å². The van der Waals surface area contributed by atoms with Gasteiger partial charge in [0.15, 0.2) is 5.17 Å². The predicted octanol–water partition coefficient (Wildman–Crippen LogP) is 5.67. The summed E-state index contributed by atoms with van der Waals surface area (Å²) in [5.74, 6) is -0.732. The third-order valence-electron chi connectivity index (χ3n) is 6.01. The number of anilines is 1. The van der Waals surface area contributed by atoms with Crippen LogP contribution in [0.4, 0.5) is 10.1 Å². The second kappa shape index (κ2) is 10.7. The molecule has 2 heterocycles. The highest BCUT2D eigenvalue weighted by Gasteiger charge is 2.39. The summed E-state index contributed by atoms with van der Waals surface area (Å²) >= 11 is 7.24. The van der Waals surface area contributed by atoms with E-state index in [1.165, 1.54) is 30.0 Å². The van der Waals surface area contributed by atoms with E-state index in [1.54, 1.807) is 30.3 Å². The molecule has 0 aliphatic carbocycles. The van der Waals surface area contributed by atoms with Gasteiger partial charge in [0, 0.05) is 17.9 Å². The maximum absolute atomic E-state index is 13.9. The lowest BCUT2D eigenvalue weighted by Crippen LogP contribution is -2.25. The molecule has 1 N–H and O–H groups in total. The third kappa shape index (κ3) is 5.52. The molecule has 2 amide bonds. The van der Waals surface area contributed by atoms with Crippen molar-refractivity contribution < 1.29 is 18.7 Å². The number of halogens is 2. The Hall–Kier alpha value is -3.69. The Kier molecular flexibility index (Phi) is 7.25. The number of amides is 2. The first-order valence-electron chi connectivity index (χ1n) is 11.5. The van der Waals surface area contributed by atoms with Crippen LogP contribution in [0.25, 0.3) is 0 Å². The van der Waals surface area contributed by atoms with Crippen LogP contribution in [0.2, 0.25) is 5.02 Å². The Labute approximate surface area is 222 Å². The van der Waals surface area contributed by atoms with Crippen LogP contribution < -0.4 is 10.1 Å². The first-order chi connectivity index (χ1) is 17.9. The number of nitrogens with zero attached hydrogens (tertiary/aromatic N) is 3. The lowest BCUT2D eigenvalue weighted by molar-refractivity contribution is -0.121. The lowest BCUT2D eigenvalue weighted by atomic mass is 9.98. The maximum atomic E-state index is 13.9. The van der Waals surface area contributed by atoms with Gasteiger partial charge in [-0.25, -0.2) is 9.40 Å². The number of para-hydroxylation sites is 1. The van der Waals surface area contributed by atoms with Gasteiger partial charge < -0.3 is 10.1 Å². The largest absolute Gasteiger partial charge is 0.497 e. The molecule has 0 aromatic heterocycles. The molecule has 0 saturated carbocycles. The van der Waals surface area contributed by atoms with Gasteiger partial charge in [-0.2, -0.15) is 10.1 Å². The van der Waals surface area contributed by atoms with Gasteiger partial charge in [-0.1, -0.05) is 59.8 Å². The number of carbonyl (C=O) groups excluding carboxylic acids is 2. The summed E-state index contributed by atoms with van der Waals surface area (Å²) in [6.07, 6.45) is 0.428. The number of thioether (sulfide) groups is 1. The van der Waals surface area contributed by atoms with Crippen LogP contribution in [-0.4, -0.2) is 40.1 Å². The maximum Gasteiger partial charge on any atom is 0.262 e. The highest BCUT2D eigenvalue weighted by atomic mass is 35.5. The van der Waals surface area contributed by atoms with Gasteiger partial charge in [-0.3, -0.25) is 9.59 Å². The van der Waals surface area contributed by atoms with Crippen molar-refractivity contribution in [2.24, 2.45) is 10.1 Å². The van der Waals surface area contributed by atoms with Crippen LogP contribution in [0, 0.1) is 5.82 Å². The average molecular weight is 537 g/mol. The molecule has 7 nitrogen and oxygen atoms in total. The molecule has 0 spiro atoms. The number of methoxy groups -OCH3 is 1. The summed E-state index contributed by atoms with van der Waals surface area (Å²) in [6, 6.07) is 20.7. The third-order valence-corrected chi connectivity index (χ3v) is 7.40. The number of aliphatic imine (C=N–C) groups is 1. The highest BCUT2D eigenvalue weighted by Crippen LogP contribution is 2.39. The van der Waals surface area contributed by atoms with E-state index >= 15 is 0 Å². The van der Waals surface area contributed by atoms with Crippen molar-refractivity contribution in [2.45, 2.75) is 24.1 Å². The van der Waals surface area contributed by atoms with Gasteiger partial charge in [0.05, 0.1) is 24.6 Å². The molecule has 0 bridgehead atoms. The Morgan fingerprint density at radius 3 is 2.70 bits per heavy atom. The van der Waals surface area contributed by atoms with Crippen molar-refractivity contribution in [3.8, 4) is 5.75 Å². The second-order valence-corrected chi connectivity index (χ2v) is 10.1. The number of hydrogen-bond donors (Lipinski definition) is 1. The van der Waals surface area contributed by atoms with E-state index in [2.05, 4.69) is 10.3 Å². The van der Waals surface area contributed by atoms with Crippen molar-refractivity contribution in [3.63, 3.8) is 0 Å². The predicted molar refractivity (Wildman–Crippen MR) is 144 cm³/mol. The first-order valence-corrected chi connectivity index (χ1v) is 12.8. The van der Waals surface area contributed by atoms with Crippen molar-refractivity contribution in [1.29, 1.82) is 0 Å². The van der Waals surface area contributed by atoms with Crippen molar-refractivity contribution in [3.05, 3.63) is 94.8 Å². The topological polar surface area (TPSA) is 83.4 Å². The Balaban J connectivity index is 1.37. The molecular weight excluding hydrogens is 515 g/mol. The molecule has 2 unspecified atom stereocenters. The zero-order valence-electron chi connectivity index (χ0n) is 19.7. The van der Waals surface area contributed by atoms with E-state index in [0.29, 0.717) is 22.4 Å². The summed E-state index contributed by atoms with van der Waals surface area (Å²) < 4.78 is 19.3. The molecule has 5 rings (SSSR count). The summed E-state index contributed by atoms with van der Waals surface area (Å²) in [4.78, 5) is 29.6. The summed E-state index contributed by atoms with van der Waals surface area (Å²) in [5.41, 5.74) is 2.75. The molecule has 3 aromatic rings. The summed E-state index contributed by atoms with van der Waals surface area (Å²) in [5, 5.41) is 9.38. The van der Waals surface area contributed by atoms with Crippen LogP contribution in [-0.2, 0) is 9.59 Å².